The van der Waals surface area contributed by atoms with Crippen molar-refractivity contribution in [3.63, 3.8) is 0 Å². The number of hydrogen-bond acceptors (Lipinski definition) is 5. The molecule has 5 heteroatoms. The number of phenolic OH excluding ortho intramolecular Hbond substituents is 1. The molecule has 130 valence electrons. The minimum Gasteiger partial charge on any atom is -0.504 e. The van der Waals surface area contributed by atoms with Gasteiger partial charge in [-0.1, -0.05) is 24.1 Å². The van der Waals surface area contributed by atoms with Gasteiger partial charge in [0.2, 0.25) is 0 Å². The second kappa shape index (κ2) is 7.71. The monoisotopic (exact) mass is 330 g/mol. The number of aryl methyl sites for hydroxylation is 1. The minimum absolute atomic E-state index is 0.193. The summed E-state index contributed by atoms with van der Waals surface area (Å²) in [5, 5.41) is 13.9. The molecule has 1 aliphatic rings. The number of aromatic nitrogens is 1. The Kier molecular flexibility index (Phi) is 5.41. The second-order valence-corrected chi connectivity index (χ2v) is 6.44. The van der Waals surface area contributed by atoms with E-state index in [0.717, 1.165) is 36.5 Å². The van der Waals surface area contributed by atoms with Crippen LogP contribution in [0.25, 0.3) is 0 Å². The van der Waals surface area contributed by atoms with Gasteiger partial charge in [0.25, 0.3) is 0 Å². The zero-order chi connectivity index (χ0) is 16.9. The van der Waals surface area contributed by atoms with E-state index in [9.17, 15) is 5.11 Å². The summed E-state index contributed by atoms with van der Waals surface area (Å²) in [5.41, 5.74) is 2.07. The van der Waals surface area contributed by atoms with Crippen LogP contribution in [0, 0.1) is 6.92 Å². The molecule has 5 nitrogen and oxygen atoms in total. The summed E-state index contributed by atoms with van der Waals surface area (Å²) in [6.07, 6.45) is 4.74. The number of ether oxygens (including phenoxy) is 1. The van der Waals surface area contributed by atoms with Gasteiger partial charge in [-0.25, -0.2) is 0 Å². The maximum atomic E-state index is 9.89. The van der Waals surface area contributed by atoms with Crippen molar-refractivity contribution in [2.24, 2.45) is 0 Å². The van der Waals surface area contributed by atoms with Gasteiger partial charge in [-0.2, -0.15) is 0 Å². The highest BCUT2D eigenvalue weighted by Crippen LogP contribution is 2.33. The lowest BCUT2D eigenvalue weighted by atomic mass is 10.1. The van der Waals surface area contributed by atoms with Gasteiger partial charge in [-0.05, 0) is 50.9 Å². The van der Waals surface area contributed by atoms with E-state index in [4.69, 9.17) is 9.26 Å². The summed E-state index contributed by atoms with van der Waals surface area (Å²) < 4.78 is 11.1. The number of hydrogen-bond donors (Lipinski definition) is 1. The number of phenols is 1. The first-order valence-electron chi connectivity index (χ1n) is 8.79. The lowest BCUT2D eigenvalue weighted by Crippen LogP contribution is -2.28. The predicted molar refractivity (Wildman–Crippen MR) is 92.1 cm³/mol. The third kappa shape index (κ3) is 3.90. The van der Waals surface area contributed by atoms with Crippen LogP contribution in [-0.4, -0.2) is 28.3 Å². The molecule has 3 rings (SSSR count). The summed E-state index contributed by atoms with van der Waals surface area (Å²) in [6, 6.07) is 7.92. The fourth-order valence-corrected chi connectivity index (χ4v) is 3.38. The minimum atomic E-state index is 0.193. The molecule has 1 aliphatic heterocycles. The fraction of sp³-hybridized carbons (Fsp3) is 0.526. The van der Waals surface area contributed by atoms with Crippen LogP contribution in [0.3, 0.4) is 0 Å². The van der Waals surface area contributed by atoms with Gasteiger partial charge in [0.1, 0.15) is 0 Å². The number of benzene rings is 1. The third-order valence-electron chi connectivity index (χ3n) is 4.55. The van der Waals surface area contributed by atoms with Crippen LogP contribution in [0.2, 0.25) is 0 Å². The van der Waals surface area contributed by atoms with Crippen LogP contribution in [0.1, 0.15) is 55.7 Å². The van der Waals surface area contributed by atoms with Gasteiger partial charge in [-0.3, -0.25) is 4.90 Å². The standard InChI is InChI=1S/C19H26N2O3/c1-3-23-19-12-15(8-9-17(19)22)13-21-10-6-4-5-7-16(21)18-11-14(2)20-24-18/h8-9,11-12,16,22H,3-7,10,13H2,1-2H3/t16-/m0/s1. The first-order valence-corrected chi connectivity index (χ1v) is 8.79. The maximum absolute atomic E-state index is 9.89. The van der Waals surface area contributed by atoms with Crippen LogP contribution in [0.4, 0.5) is 0 Å². The lowest BCUT2D eigenvalue weighted by Gasteiger charge is -2.28. The fourth-order valence-electron chi connectivity index (χ4n) is 3.38. The highest BCUT2D eigenvalue weighted by Gasteiger charge is 2.26. The molecule has 0 spiro atoms. The van der Waals surface area contributed by atoms with Gasteiger partial charge in [0.05, 0.1) is 18.3 Å². The molecule has 0 amide bonds. The van der Waals surface area contributed by atoms with E-state index in [1.807, 2.05) is 32.0 Å². The van der Waals surface area contributed by atoms with Crippen molar-refractivity contribution in [2.45, 2.75) is 52.1 Å². The van der Waals surface area contributed by atoms with Crippen molar-refractivity contribution in [2.75, 3.05) is 13.2 Å². The Morgan fingerprint density at radius 1 is 1.29 bits per heavy atom. The van der Waals surface area contributed by atoms with Crippen molar-refractivity contribution < 1.29 is 14.4 Å². The van der Waals surface area contributed by atoms with Gasteiger partial charge < -0.3 is 14.4 Å². The molecule has 2 heterocycles. The lowest BCUT2D eigenvalue weighted by molar-refractivity contribution is 0.160. The Morgan fingerprint density at radius 2 is 2.17 bits per heavy atom. The summed E-state index contributed by atoms with van der Waals surface area (Å²) >= 11 is 0. The molecule has 24 heavy (non-hydrogen) atoms. The SMILES string of the molecule is CCOc1cc(CN2CCCCC[C@H]2c2cc(C)no2)ccc1O. The molecule has 1 atom stereocenters. The zero-order valence-electron chi connectivity index (χ0n) is 14.5. The molecule has 1 aromatic heterocycles. The third-order valence-corrected chi connectivity index (χ3v) is 4.55. The second-order valence-electron chi connectivity index (χ2n) is 6.44. The van der Waals surface area contributed by atoms with Crippen molar-refractivity contribution in [1.82, 2.24) is 10.1 Å². The normalized spacial score (nSPS) is 19.2. The van der Waals surface area contributed by atoms with Crippen LogP contribution in [-0.2, 0) is 6.54 Å². The summed E-state index contributed by atoms with van der Waals surface area (Å²) in [4.78, 5) is 2.45. The largest absolute Gasteiger partial charge is 0.504 e. The van der Waals surface area contributed by atoms with Crippen LogP contribution in [0.15, 0.2) is 28.8 Å². The highest BCUT2D eigenvalue weighted by molar-refractivity contribution is 5.41. The Hall–Kier alpha value is -2.01. The van der Waals surface area contributed by atoms with Crippen molar-refractivity contribution >= 4 is 0 Å². The Labute approximate surface area is 143 Å². The molecule has 0 bridgehead atoms. The van der Waals surface area contributed by atoms with Gasteiger partial charge in [-0.15, -0.1) is 0 Å². The van der Waals surface area contributed by atoms with Gasteiger partial charge in [0.15, 0.2) is 17.3 Å². The van der Waals surface area contributed by atoms with Crippen LogP contribution < -0.4 is 4.74 Å². The molecule has 0 unspecified atom stereocenters. The number of nitrogens with zero attached hydrogens (tertiary/aromatic N) is 2. The molecule has 1 fully saturated rings. The van der Waals surface area contributed by atoms with Crippen molar-refractivity contribution in [3.8, 4) is 11.5 Å². The van der Waals surface area contributed by atoms with Gasteiger partial charge >= 0.3 is 0 Å². The summed E-state index contributed by atoms with van der Waals surface area (Å²) in [7, 11) is 0. The molecule has 1 aromatic carbocycles. The molecule has 2 aromatic rings. The topological polar surface area (TPSA) is 58.7 Å². The van der Waals surface area contributed by atoms with E-state index in [1.165, 1.54) is 19.3 Å². The van der Waals surface area contributed by atoms with Crippen LogP contribution >= 0.6 is 0 Å². The predicted octanol–water partition coefficient (Wildman–Crippen LogP) is 4.20. The van der Waals surface area contributed by atoms with E-state index in [0.29, 0.717) is 12.4 Å². The average Bonchev–Trinajstić information content (AvgIpc) is 2.86. The molecule has 0 aliphatic carbocycles. The molecule has 0 radical (unpaired) electrons. The van der Waals surface area contributed by atoms with Gasteiger partial charge in [0, 0.05) is 12.6 Å². The Morgan fingerprint density at radius 3 is 2.92 bits per heavy atom. The zero-order valence-corrected chi connectivity index (χ0v) is 14.5. The Balaban J connectivity index is 1.81. The molecule has 1 N–H and O–H groups in total. The van der Waals surface area contributed by atoms with Crippen LogP contribution in [0.5, 0.6) is 11.5 Å². The first-order chi connectivity index (χ1) is 11.7. The maximum Gasteiger partial charge on any atom is 0.161 e. The summed E-state index contributed by atoms with van der Waals surface area (Å²) in [6.45, 7) is 6.27. The van der Waals surface area contributed by atoms with E-state index in [1.54, 1.807) is 6.07 Å². The summed E-state index contributed by atoms with van der Waals surface area (Å²) in [5.74, 6) is 1.70. The van der Waals surface area contributed by atoms with E-state index in [-0.39, 0.29) is 11.8 Å². The smallest absolute Gasteiger partial charge is 0.161 e. The first kappa shape index (κ1) is 16.8. The van der Waals surface area contributed by atoms with Crippen molar-refractivity contribution in [1.29, 1.82) is 0 Å². The van der Waals surface area contributed by atoms with Crippen molar-refractivity contribution in [3.05, 3.63) is 41.3 Å². The molecule has 1 saturated heterocycles. The number of likely N-dealkylation sites (tertiary alicyclic amines) is 1. The number of aromatic hydroxyl groups is 1. The number of rotatable bonds is 5. The molecular formula is C19H26N2O3. The van der Waals surface area contributed by atoms with E-state index in [2.05, 4.69) is 10.1 Å². The van der Waals surface area contributed by atoms with E-state index >= 15 is 0 Å². The Bertz CT molecular complexity index is 668. The average molecular weight is 330 g/mol. The highest BCUT2D eigenvalue weighted by atomic mass is 16.5. The van der Waals surface area contributed by atoms with E-state index < -0.39 is 0 Å². The molecule has 0 saturated carbocycles. The quantitative estimate of drug-likeness (QED) is 0.890. The molecular weight excluding hydrogens is 304 g/mol.